The first kappa shape index (κ1) is 14.1. The molecule has 1 amide bonds. The van der Waals surface area contributed by atoms with Crippen LogP contribution in [-0.4, -0.2) is 12.5 Å². The normalized spacial score (nSPS) is 15.4. The molecule has 0 radical (unpaired) electrons. The van der Waals surface area contributed by atoms with Crippen molar-refractivity contribution in [1.29, 1.82) is 0 Å². The van der Waals surface area contributed by atoms with Crippen molar-refractivity contribution in [2.45, 2.75) is 39.5 Å². The van der Waals surface area contributed by atoms with Crippen molar-refractivity contribution in [2.24, 2.45) is 17.6 Å². The molecule has 1 aliphatic rings. The SMILES string of the molecule is CC(C)CC(CN)C(=O)Nc1ccc2c(c1)CCC2. The molecule has 0 fully saturated rings. The summed E-state index contributed by atoms with van der Waals surface area (Å²) in [6, 6.07) is 6.26. The van der Waals surface area contributed by atoms with Gasteiger partial charge in [0.25, 0.3) is 0 Å². The van der Waals surface area contributed by atoms with Gasteiger partial charge in [-0.25, -0.2) is 0 Å². The van der Waals surface area contributed by atoms with E-state index in [0.717, 1.165) is 18.5 Å². The van der Waals surface area contributed by atoms with Crippen LogP contribution >= 0.6 is 0 Å². The lowest BCUT2D eigenvalue weighted by atomic mass is 9.96. The number of aryl methyl sites for hydroxylation is 2. The third-order valence-electron chi connectivity index (χ3n) is 3.78. The standard InChI is InChI=1S/C16H24N2O/c1-11(2)8-14(10-17)16(19)18-15-7-6-12-4-3-5-13(12)9-15/h6-7,9,11,14H,3-5,8,10,17H2,1-2H3,(H,18,19). The number of benzene rings is 1. The van der Waals surface area contributed by atoms with E-state index >= 15 is 0 Å². The molecule has 3 heteroatoms. The molecule has 0 heterocycles. The Morgan fingerprint density at radius 1 is 1.32 bits per heavy atom. The van der Waals surface area contributed by atoms with Gasteiger partial charge in [-0.05, 0) is 54.9 Å². The molecule has 2 rings (SSSR count). The summed E-state index contributed by atoms with van der Waals surface area (Å²) in [5.41, 5.74) is 9.42. The second-order valence-electron chi connectivity index (χ2n) is 5.89. The maximum Gasteiger partial charge on any atom is 0.228 e. The van der Waals surface area contributed by atoms with Crippen LogP contribution in [0.15, 0.2) is 18.2 Å². The first-order chi connectivity index (χ1) is 9.10. The van der Waals surface area contributed by atoms with Crippen molar-refractivity contribution in [2.75, 3.05) is 11.9 Å². The Kier molecular flexibility index (Phi) is 4.59. The first-order valence-corrected chi connectivity index (χ1v) is 7.23. The Morgan fingerprint density at radius 3 is 2.74 bits per heavy atom. The highest BCUT2D eigenvalue weighted by Crippen LogP contribution is 2.25. The Labute approximate surface area is 115 Å². The van der Waals surface area contributed by atoms with Crippen LogP contribution in [0, 0.1) is 11.8 Å². The van der Waals surface area contributed by atoms with E-state index in [4.69, 9.17) is 5.73 Å². The Balaban J connectivity index is 2.01. The minimum absolute atomic E-state index is 0.0501. The molecule has 19 heavy (non-hydrogen) atoms. The fourth-order valence-electron chi connectivity index (χ4n) is 2.77. The van der Waals surface area contributed by atoms with E-state index in [1.807, 2.05) is 6.07 Å². The zero-order valence-corrected chi connectivity index (χ0v) is 11.9. The Hall–Kier alpha value is -1.35. The van der Waals surface area contributed by atoms with E-state index < -0.39 is 0 Å². The van der Waals surface area contributed by atoms with E-state index in [2.05, 4.69) is 31.3 Å². The molecule has 0 saturated heterocycles. The first-order valence-electron chi connectivity index (χ1n) is 7.23. The highest BCUT2D eigenvalue weighted by Gasteiger charge is 2.19. The third kappa shape index (κ3) is 3.57. The summed E-state index contributed by atoms with van der Waals surface area (Å²) in [6.07, 6.45) is 4.37. The molecule has 1 unspecified atom stereocenters. The van der Waals surface area contributed by atoms with Crippen LogP contribution in [0.2, 0.25) is 0 Å². The molecule has 3 N–H and O–H groups in total. The molecule has 0 aliphatic heterocycles. The molecule has 1 atom stereocenters. The maximum atomic E-state index is 12.2. The lowest BCUT2D eigenvalue weighted by Crippen LogP contribution is -2.30. The molecule has 1 aromatic rings. The van der Waals surface area contributed by atoms with Gasteiger partial charge in [0.1, 0.15) is 0 Å². The summed E-state index contributed by atoms with van der Waals surface area (Å²) >= 11 is 0. The fourth-order valence-corrected chi connectivity index (χ4v) is 2.77. The van der Waals surface area contributed by atoms with Crippen molar-refractivity contribution < 1.29 is 4.79 Å². The van der Waals surface area contributed by atoms with Crippen LogP contribution in [-0.2, 0) is 17.6 Å². The molecule has 1 aliphatic carbocycles. The number of amides is 1. The lowest BCUT2D eigenvalue weighted by Gasteiger charge is -2.17. The van der Waals surface area contributed by atoms with E-state index in [1.54, 1.807) is 0 Å². The molecule has 0 aromatic heterocycles. The van der Waals surface area contributed by atoms with Crippen molar-refractivity contribution in [3.05, 3.63) is 29.3 Å². The van der Waals surface area contributed by atoms with Crippen LogP contribution in [0.5, 0.6) is 0 Å². The number of nitrogens with one attached hydrogen (secondary N) is 1. The van der Waals surface area contributed by atoms with Gasteiger partial charge in [-0.3, -0.25) is 4.79 Å². The highest BCUT2D eigenvalue weighted by atomic mass is 16.1. The third-order valence-corrected chi connectivity index (χ3v) is 3.78. The zero-order valence-electron chi connectivity index (χ0n) is 11.9. The van der Waals surface area contributed by atoms with Crippen molar-refractivity contribution >= 4 is 11.6 Å². The van der Waals surface area contributed by atoms with Gasteiger partial charge in [0.15, 0.2) is 0 Å². The predicted molar refractivity (Wildman–Crippen MR) is 79.1 cm³/mol. The Morgan fingerprint density at radius 2 is 2.05 bits per heavy atom. The molecule has 0 saturated carbocycles. The molecule has 3 nitrogen and oxygen atoms in total. The number of rotatable bonds is 5. The van der Waals surface area contributed by atoms with Gasteiger partial charge in [-0.1, -0.05) is 19.9 Å². The van der Waals surface area contributed by atoms with Gasteiger partial charge < -0.3 is 11.1 Å². The number of fused-ring (bicyclic) bond motifs is 1. The zero-order chi connectivity index (χ0) is 13.8. The van der Waals surface area contributed by atoms with Gasteiger partial charge in [-0.2, -0.15) is 0 Å². The molecular formula is C16H24N2O. The van der Waals surface area contributed by atoms with Crippen molar-refractivity contribution in [1.82, 2.24) is 0 Å². The summed E-state index contributed by atoms with van der Waals surface area (Å²) in [5, 5.41) is 3.01. The summed E-state index contributed by atoms with van der Waals surface area (Å²) in [5.74, 6) is 0.446. The number of hydrogen-bond acceptors (Lipinski definition) is 2. The van der Waals surface area contributed by atoms with Crippen LogP contribution in [0.3, 0.4) is 0 Å². The molecule has 0 spiro atoms. The second-order valence-corrected chi connectivity index (χ2v) is 5.89. The van der Waals surface area contributed by atoms with Crippen LogP contribution in [0.25, 0.3) is 0 Å². The molecule has 1 aromatic carbocycles. The van der Waals surface area contributed by atoms with Crippen molar-refractivity contribution in [3.63, 3.8) is 0 Å². The fraction of sp³-hybridized carbons (Fsp3) is 0.562. The van der Waals surface area contributed by atoms with Gasteiger partial charge >= 0.3 is 0 Å². The summed E-state index contributed by atoms with van der Waals surface area (Å²) in [4.78, 5) is 12.2. The molecule has 104 valence electrons. The van der Waals surface area contributed by atoms with Crippen LogP contribution in [0.4, 0.5) is 5.69 Å². The molecule has 0 bridgehead atoms. The minimum atomic E-state index is -0.0896. The average molecular weight is 260 g/mol. The second kappa shape index (κ2) is 6.20. The quantitative estimate of drug-likeness (QED) is 0.855. The predicted octanol–water partition coefficient (Wildman–Crippen LogP) is 2.73. The van der Waals surface area contributed by atoms with Crippen LogP contribution in [0.1, 0.15) is 37.8 Å². The maximum absolute atomic E-state index is 12.2. The monoisotopic (exact) mass is 260 g/mol. The van der Waals surface area contributed by atoms with Crippen LogP contribution < -0.4 is 11.1 Å². The summed E-state index contributed by atoms with van der Waals surface area (Å²) in [6.45, 7) is 4.64. The van der Waals surface area contributed by atoms with E-state index in [1.165, 1.54) is 24.0 Å². The van der Waals surface area contributed by atoms with E-state index in [0.29, 0.717) is 12.5 Å². The van der Waals surface area contributed by atoms with E-state index in [9.17, 15) is 4.79 Å². The lowest BCUT2D eigenvalue weighted by molar-refractivity contribution is -0.120. The highest BCUT2D eigenvalue weighted by molar-refractivity contribution is 5.92. The van der Waals surface area contributed by atoms with Gasteiger partial charge in [0.05, 0.1) is 5.92 Å². The number of anilines is 1. The van der Waals surface area contributed by atoms with Crippen molar-refractivity contribution in [3.8, 4) is 0 Å². The smallest absolute Gasteiger partial charge is 0.228 e. The largest absolute Gasteiger partial charge is 0.330 e. The number of hydrogen-bond donors (Lipinski definition) is 2. The topological polar surface area (TPSA) is 55.1 Å². The number of nitrogens with two attached hydrogens (primary N) is 1. The number of carbonyl (C=O) groups excluding carboxylic acids is 1. The van der Waals surface area contributed by atoms with E-state index in [-0.39, 0.29) is 11.8 Å². The van der Waals surface area contributed by atoms with Gasteiger partial charge in [0.2, 0.25) is 5.91 Å². The average Bonchev–Trinajstić information content (AvgIpc) is 2.82. The summed E-state index contributed by atoms with van der Waals surface area (Å²) < 4.78 is 0. The summed E-state index contributed by atoms with van der Waals surface area (Å²) in [7, 11) is 0. The Bertz CT molecular complexity index is 454. The van der Waals surface area contributed by atoms with Gasteiger partial charge in [-0.15, -0.1) is 0 Å². The minimum Gasteiger partial charge on any atom is -0.330 e. The number of carbonyl (C=O) groups is 1. The van der Waals surface area contributed by atoms with Gasteiger partial charge in [0, 0.05) is 12.2 Å². The molecular weight excluding hydrogens is 236 g/mol.